The third-order valence-corrected chi connectivity index (χ3v) is 5.66. The number of carbonyl (C=O) groups excluding carboxylic acids is 1. The van der Waals surface area contributed by atoms with Gasteiger partial charge < -0.3 is 15.0 Å². The SMILES string of the molecule is CC(C)(Oc1ccc2c(c1)CCC2)C(=O)N1CC[C@H]2CNC[C@H]21. The van der Waals surface area contributed by atoms with Crippen LogP contribution in [0.25, 0.3) is 0 Å². The first kappa shape index (κ1) is 15.0. The number of hydrogen-bond donors (Lipinski definition) is 1. The van der Waals surface area contributed by atoms with Crippen molar-refractivity contribution in [3.63, 3.8) is 0 Å². The molecule has 1 N–H and O–H groups in total. The number of amides is 1. The van der Waals surface area contributed by atoms with Crippen LogP contribution in [0.3, 0.4) is 0 Å². The molecule has 1 aromatic carbocycles. The third kappa shape index (κ3) is 2.63. The topological polar surface area (TPSA) is 41.6 Å². The number of rotatable bonds is 3. The van der Waals surface area contributed by atoms with Crippen LogP contribution in [0.5, 0.6) is 5.75 Å². The van der Waals surface area contributed by atoms with Crippen LogP contribution in [-0.4, -0.2) is 42.1 Å². The number of carbonyl (C=O) groups is 1. The zero-order valence-electron chi connectivity index (χ0n) is 14.1. The van der Waals surface area contributed by atoms with E-state index in [1.54, 1.807) is 0 Å². The number of hydrogen-bond acceptors (Lipinski definition) is 3. The monoisotopic (exact) mass is 314 g/mol. The minimum atomic E-state index is -0.815. The van der Waals surface area contributed by atoms with Gasteiger partial charge in [-0.3, -0.25) is 4.79 Å². The van der Waals surface area contributed by atoms with Gasteiger partial charge in [0.05, 0.1) is 0 Å². The zero-order valence-corrected chi connectivity index (χ0v) is 14.1. The van der Waals surface area contributed by atoms with Gasteiger partial charge in [0.2, 0.25) is 0 Å². The van der Waals surface area contributed by atoms with E-state index in [4.69, 9.17) is 4.74 Å². The summed E-state index contributed by atoms with van der Waals surface area (Å²) in [7, 11) is 0. The lowest BCUT2D eigenvalue weighted by Gasteiger charge is -2.33. The number of nitrogens with one attached hydrogen (secondary N) is 1. The Balaban J connectivity index is 1.49. The van der Waals surface area contributed by atoms with Crippen molar-refractivity contribution in [2.24, 2.45) is 5.92 Å². The molecule has 2 atom stereocenters. The Morgan fingerprint density at radius 1 is 1.26 bits per heavy atom. The van der Waals surface area contributed by atoms with Gasteiger partial charge in [-0.25, -0.2) is 0 Å². The summed E-state index contributed by atoms with van der Waals surface area (Å²) in [6.45, 7) is 6.63. The molecule has 3 aliphatic rings. The average Bonchev–Trinajstić information content (AvgIpc) is 3.21. The van der Waals surface area contributed by atoms with Crippen LogP contribution in [0.2, 0.25) is 0 Å². The summed E-state index contributed by atoms with van der Waals surface area (Å²) in [5, 5.41) is 3.40. The minimum Gasteiger partial charge on any atom is -0.478 e. The fourth-order valence-electron chi connectivity index (χ4n) is 4.40. The third-order valence-electron chi connectivity index (χ3n) is 5.66. The summed E-state index contributed by atoms with van der Waals surface area (Å²) in [6.07, 6.45) is 4.63. The van der Waals surface area contributed by atoms with E-state index < -0.39 is 5.60 Å². The molecule has 2 aliphatic heterocycles. The van der Waals surface area contributed by atoms with Gasteiger partial charge in [-0.05, 0) is 68.7 Å². The molecule has 1 aromatic rings. The molecule has 0 bridgehead atoms. The van der Waals surface area contributed by atoms with Gasteiger partial charge in [0, 0.05) is 25.7 Å². The van der Waals surface area contributed by atoms with Gasteiger partial charge in [0.25, 0.3) is 5.91 Å². The first-order valence-corrected chi connectivity index (χ1v) is 8.87. The number of likely N-dealkylation sites (tertiary alicyclic amines) is 1. The molecule has 2 fully saturated rings. The molecular weight excluding hydrogens is 288 g/mol. The van der Waals surface area contributed by atoms with Crippen molar-refractivity contribution in [3.05, 3.63) is 29.3 Å². The molecule has 0 spiro atoms. The lowest BCUT2D eigenvalue weighted by Crippen LogP contribution is -2.51. The van der Waals surface area contributed by atoms with Crippen molar-refractivity contribution in [1.29, 1.82) is 0 Å². The largest absolute Gasteiger partial charge is 0.478 e. The number of nitrogens with zero attached hydrogens (tertiary/aromatic N) is 1. The number of aryl methyl sites for hydroxylation is 2. The molecular formula is C19H26N2O2. The molecule has 4 rings (SSSR count). The van der Waals surface area contributed by atoms with Crippen molar-refractivity contribution in [2.75, 3.05) is 19.6 Å². The highest BCUT2D eigenvalue weighted by molar-refractivity contribution is 5.85. The average molecular weight is 314 g/mol. The predicted molar refractivity (Wildman–Crippen MR) is 89.7 cm³/mol. The number of benzene rings is 1. The maximum atomic E-state index is 13.0. The lowest BCUT2D eigenvalue weighted by atomic mass is 10.0. The highest BCUT2D eigenvalue weighted by atomic mass is 16.5. The Labute approximate surface area is 138 Å². The Morgan fingerprint density at radius 2 is 2.09 bits per heavy atom. The first-order valence-electron chi connectivity index (χ1n) is 8.87. The molecule has 1 amide bonds. The van der Waals surface area contributed by atoms with Crippen molar-refractivity contribution < 1.29 is 9.53 Å². The second kappa shape index (κ2) is 5.52. The zero-order chi connectivity index (χ0) is 16.0. The van der Waals surface area contributed by atoms with Crippen molar-refractivity contribution in [2.45, 2.75) is 51.2 Å². The highest BCUT2D eigenvalue weighted by Gasteiger charge is 2.45. The van der Waals surface area contributed by atoms with Crippen LogP contribution in [0.4, 0.5) is 0 Å². The van der Waals surface area contributed by atoms with Crippen LogP contribution in [0.1, 0.15) is 37.8 Å². The molecule has 0 unspecified atom stereocenters. The van der Waals surface area contributed by atoms with Crippen LogP contribution in [0, 0.1) is 5.92 Å². The number of fused-ring (bicyclic) bond motifs is 2. The normalized spacial score (nSPS) is 26.3. The summed E-state index contributed by atoms with van der Waals surface area (Å²) in [6, 6.07) is 6.65. The molecule has 124 valence electrons. The maximum Gasteiger partial charge on any atom is 0.266 e. The predicted octanol–water partition coefficient (Wildman–Crippen LogP) is 2.15. The highest BCUT2D eigenvalue weighted by Crippen LogP contribution is 2.32. The molecule has 4 nitrogen and oxygen atoms in total. The summed E-state index contributed by atoms with van der Waals surface area (Å²) >= 11 is 0. The molecule has 2 heterocycles. The summed E-state index contributed by atoms with van der Waals surface area (Å²) in [4.78, 5) is 15.1. The second-order valence-electron chi connectivity index (χ2n) is 7.67. The minimum absolute atomic E-state index is 0.120. The molecule has 1 aliphatic carbocycles. The van der Waals surface area contributed by atoms with Gasteiger partial charge in [-0.1, -0.05) is 6.07 Å². The lowest BCUT2D eigenvalue weighted by molar-refractivity contribution is -0.146. The van der Waals surface area contributed by atoms with Gasteiger partial charge in [0.1, 0.15) is 5.75 Å². The standard InChI is InChI=1S/C19H26N2O2/c1-19(2,18(22)21-9-8-15-11-20-12-17(15)21)23-16-7-6-13-4-3-5-14(13)10-16/h6-7,10,15,17,20H,3-5,8-9,11-12H2,1-2H3/t15-,17+/m0/s1. The van der Waals surface area contributed by atoms with Gasteiger partial charge in [0.15, 0.2) is 5.60 Å². The first-order chi connectivity index (χ1) is 11.0. The van der Waals surface area contributed by atoms with E-state index in [9.17, 15) is 4.79 Å². The summed E-state index contributed by atoms with van der Waals surface area (Å²) in [5.74, 6) is 1.56. The van der Waals surface area contributed by atoms with E-state index in [0.717, 1.165) is 38.2 Å². The van der Waals surface area contributed by atoms with Crippen molar-refractivity contribution in [3.8, 4) is 5.75 Å². The fraction of sp³-hybridized carbons (Fsp3) is 0.632. The molecule has 4 heteroatoms. The van der Waals surface area contributed by atoms with Crippen LogP contribution in [0.15, 0.2) is 18.2 Å². The van der Waals surface area contributed by atoms with Crippen LogP contribution < -0.4 is 10.1 Å². The van der Waals surface area contributed by atoms with E-state index in [1.165, 1.54) is 24.0 Å². The van der Waals surface area contributed by atoms with E-state index in [0.29, 0.717) is 12.0 Å². The van der Waals surface area contributed by atoms with Crippen molar-refractivity contribution >= 4 is 5.91 Å². The van der Waals surface area contributed by atoms with Crippen LogP contribution in [-0.2, 0) is 17.6 Å². The molecule has 0 saturated carbocycles. The van der Waals surface area contributed by atoms with Crippen molar-refractivity contribution in [1.82, 2.24) is 10.2 Å². The van der Waals surface area contributed by atoms with Gasteiger partial charge in [-0.2, -0.15) is 0 Å². The quantitative estimate of drug-likeness (QED) is 0.929. The van der Waals surface area contributed by atoms with Crippen LogP contribution >= 0.6 is 0 Å². The number of ether oxygens (including phenoxy) is 1. The Kier molecular flexibility index (Phi) is 3.60. The fourth-order valence-corrected chi connectivity index (χ4v) is 4.40. The van der Waals surface area contributed by atoms with E-state index in [1.807, 2.05) is 24.8 Å². The smallest absolute Gasteiger partial charge is 0.266 e. The van der Waals surface area contributed by atoms with E-state index in [2.05, 4.69) is 17.4 Å². The van der Waals surface area contributed by atoms with Gasteiger partial charge >= 0.3 is 0 Å². The molecule has 23 heavy (non-hydrogen) atoms. The van der Waals surface area contributed by atoms with Gasteiger partial charge in [-0.15, -0.1) is 0 Å². The Bertz CT molecular complexity index is 626. The molecule has 2 saturated heterocycles. The Hall–Kier alpha value is -1.55. The molecule has 0 aromatic heterocycles. The summed E-state index contributed by atoms with van der Waals surface area (Å²) < 4.78 is 6.14. The van der Waals surface area contributed by atoms with E-state index in [-0.39, 0.29) is 5.91 Å². The molecule has 0 radical (unpaired) electrons. The maximum absolute atomic E-state index is 13.0. The second-order valence-corrected chi connectivity index (χ2v) is 7.67. The van der Waals surface area contributed by atoms with E-state index >= 15 is 0 Å². The Morgan fingerprint density at radius 3 is 2.96 bits per heavy atom. The summed E-state index contributed by atoms with van der Waals surface area (Å²) in [5.41, 5.74) is 2.00.